The van der Waals surface area contributed by atoms with Crippen molar-refractivity contribution < 1.29 is 9.90 Å². The molecule has 0 fully saturated rings. The number of carbonyl (C=O) groups excluding carboxylic acids is 1. The molecule has 5 heteroatoms. The number of benzene rings is 1. The fourth-order valence-corrected chi connectivity index (χ4v) is 2.20. The molecule has 1 atom stereocenters. The Morgan fingerprint density at radius 3 is 2.57 bits per heavy atom. The molecule has 0 radical (unpaired) electrons. The minimum atomic E-state index is -0.272. The molecule has 5 nitrogen and oxygen atoms in total. The number of hydrogen-bond donors (Lipinski definition) is 3. The van der Waals surface area contributed by atoms with Gasteiger partial charge in [0.15, 0.2) is 0 Å². The number of hydrogen-bond acceptors (Lipinski definition) is 3. The van der Waals surface area contributed by atoms with E-state index in [0.717, 1.165) is 5.56 Å². The third-order valence-corrected chi connectivity index (χ3v) is 3.29. The largest absolute Gasteiger partial charge is 0.396 e. The van der Waals surface area contributed by atoms with Gasteiger partial charge in [-0.15, -0.1) is 0 Å². The summed E-state index contributed by atoms with van der Waals surface area (Å²) >= 11 is 0. The van der Waals surface area contributed by atoms with Gasteiger partial charge in [-0.3, -0.25) is 9.59 Å². The van der Waals surface area contributed by atoms with Crippen molar-refractivity contribution in [3.8, 4) is 0 Å². The van der Waals surface area contributed by atoms with E-state index in [1.165, 1.54) is 12.1 Å². The molecule has 0 aliphatic heterocycles. The van der Waals surface area contributed by atoms with Gasteiger partial charge in [0.1, 0.15) is 0 Å². The molecule has 0 spiro atoms. The number of aromatic nitrogens is 1. The van der Waals surface area contributed by atoms with Gasteiger partial charge in [-0.2, -0.15) is 0 Å². The number of carbonyl (C=O) groups is 1. The fraction of sp³-hybridized carbons (Fsp3) is 0.250. The van der Waals surface area contributed by atoms with Gasteiger partial charge in [0, 0.05) is 18.4 Å². The van der Waals surface area contributed by atoms with E-state index in [2.05, 4.69) is 10.3 Å². The predicted octanol–water partition coefficient (Wildman–Crippen LogP) is 1.54. The zero-order valence-corrected chi connectivity index (χ0v) is 11.8. The molecule has 0 bridgehead atoms. The standard InChI is InChI=1S/C16H18N2O3/c1-11-13(7-8-15(20)17-11)16(21)18-14(9-10-19)12-5-3-2-4-6-12/h2-8,14,19H,9-10H2,1H3,(H,17,20)(H,18,21). The molecule has 2 aromatic rings. The molecule has 0 saturated heterocycles. The first-order valence-corrected chi connectivity index (χ1v) is 6.78. The number of H-pyrrole nitrogens is 1. The summed E-state index contributed by atoms with van der Waals surface area (Å²) in [6.07, 6.45) is 0.429. The van der Waals surface area contributed by atoms with Gasteiger partial charge in [-0.1, -0.05) is 30.3 Å². The molecule has 1 heterocycles. The summed E-state index contributed by atoms with van der Waals surface area (Å²) in [5.74, 6) is -0.272. The van der Waals surface area contributed by atoms with Crippen LogP contribution >= 0.6 is 0 Å². The Hall–Kier alpha value is -2.40. The summed E-state index contributed by atoms with van der Waals surface area (Å²) in [4.78, 5) is 26.1. The molecular weight excluding hydrogens is 268 g/mol. The van der Waals surface area contributed by atoms with Gasteiger partial charge >= 0.3 is 0 Å². The Morgan fingerprint density at radius 2 is 1.95 bits per heavy atom. The van der Waals surface area contributed by atoms with Crippen molar-refractivity contribution in [1.29, 1.82) is 0 Å². The lowest BCUT2D eigenvalue weighted by Crippen LogP contribution is -2.30. The van der Waals surface area contributed by atoms with Crippen molar-refractivity contribution in [2.24, 2.45) is 0 Å². The first-order chi connectivity index (χ1) is 10.1. The number of aliphatic hydroxyl groups excluding tert-OH is 1. The number of aromatic amines is 1. The number of pyridine rings is 1. The Balaban J connectivity index is 2.20. The molecule has 0 saturated carbocycles. The molecule has 2 rings (SSSR count). The van der Waals surface area contributed by atoms with Crippen molar-refractivity contribution >= 4 is 5.91 Å². The summed E-state index contributed by atoms with van der Waals surface area (Å²) in [7, 11) is 0. The van der Waals surface area contributed by atoms with Crippen LogP contribution in [-0.4, -0.2) is 22.6 Å². The van der Waals surface area contributed by atoms with Crippen LogP contribution in [0.25, 0.3) is 0 Å². The van der Waals surface area contributed by atoms with E-state index in [0.29, 0.717) is 17.7 Å². The van der Waals surface area contributed by atoms with Gasteiger partial charge in [0.05, 0.1) is 11.6 Å². The Labute approximate surface area is 122 Å². The molecule has 1 aromatic heterocycles. The highest BCUT2D eigenvalue weighted by atomic mass is 16.3. The van der Waals surface area contributed by atoms with E-state index in [1.807, 2.05) is 30.3 Å². The van der Waals surface area contributed by atoms with Crippen molar-refractivity contribution in [3.63, 3.8) is 0 Å². The van der Waals surface area contributed by atoms with Gasteiger partial charge in [-0.25, -0.2) is 0 Å². The van der Waals surface area contributed by atoms with Gasteiger partial charge in [0.2, 0.25) is 5.56 Å². The fourth-order valence-electron chi connectivity index (χ4n) is 2.20. The zero-order chi connectivity index (χ0) is 15.2. The van der Waals surface area contributed by atoms with Crippen LogP contribution < -0.4 is 10.9 Å². The number of nitrogens with one attached hydrogen (secondary N) is 2. The molecule has 3 N–H and O–H groups in total. The van der Waals surface area contributed by atoms with Gasteiger partial charge < -0.3 is 15.4 Å². The van der Waals surface area contributed by atoms with Crippen molar-refractivity contribution in [3.05, 3.63) is 69.6 Å². The predicted molar refractivity (Wildman–Crippen MR) is 80.2 cm³/mol. The highest BCUT2D eigenvalue weighted by molar-refractivity contribution is 5.95. The number of rotatable bonds is 5. The Kier molecular flexibility index (Phi) is 4.90. The third-order valence-electron chi connectivity index (χ3n) is 3.29. The molecule has 0 aliphatic rings. The summed E-state index contributed by atoms with van der Waals surface area (Å²) in [6, 6.07) is 12.0. The summed E-state index contributed by atoms with van der Waals surface area (Å²) in [6.45, 7) is 1.66. The first-order valence-electron chi connectivity index (χ1n) is 6.78. The molecule has 0 aliphatic carbocycles. The van der Waals surface area contributed by atoms with Crippen LogP contribution in [0.2, 0.25) is 0 Å². The second-order valence-electron chi connectivity index (χ2n) is 4.81. The highest BCUT2D eigenvalue weighted by Crippen LogP contribution is 2.17. The first kappa shape index (κ1) is 15.0. The average molecular weight is 286 g/mol. The number of aliphatic hydroxyl groups is 1. The lowest BCUT2D eigenvalue weighted by atomic mass is 10.0. The van der Waals surface area contributed by atoms with Gasteiger partial charge in [0.25, 0.3) is 5.91 Å². The maximum atomic E-state index is 12.3. The lowest BCUT2D eigenvalue weighted by molar-refractivity contribution is 0.0929. The van der Waals surface area contributed by atoms with Crippen LogP contribution in [0, 0.1) is 6.92 Å². The molecular formula is C16H18N2O3. The molecule has 110 valence electrons. The van der Waals surface area contributed by atoms with E-state index < -0.39 is 0 Å². The van der Waals surface area contributed by atoms with Crippen LogP contribution in [0.1, 0.15) is 34.1 Å². The second-order valence-corrected chi connectivity index (χ2v) is 4.81. The molecule has 1 amide bonds. The lowest BCUT2D eigenvalue weighted by Gasteiger charge is -2.18. The van der Waals surface area contributed by atoms with E-state index in [4.69, 9.17) is 0 Å². The maximum Gasteiger partial charge on any atom is 0.253 e. The summed E-state index contributed by atoms with van der Waals surface area (Å²) in [5.41, 5.74) is 1.64. The van der Waals surface area contributed by atoms with E-state index in [9.17, 15) is 14.7 Å². The quantitative estimate of drug-likeness (QED) is 0.779. The van der Waals surface area contributed by atoms with Crippen molar-refractivity contribution in [2.45, 2.75) is 19.4 Å². The smallest absolute Gasteiger partial charge is 0.253 e. The topological polar surface area (TPSA) is 82.2 Å². The van der Waals surface area contributed by atoms with E-state index in [-0.39, 0.29) is 24.1 Å². The molecule has 1 aromatic carbocycles. The normalized spacial score (nSPS) is 11.9. The number of amides is 1. The second kappa shape index (κ2) is 6.85. The highest BCUT2D eigenvalue weighted by Gasteiger charge is 2.16. The summed E-state index contributed by atoms with van der Waals surface area (Å²) in [5, 5.41) is 12.1. The van der Waals surface area contributed by atoms with Crippen LogP contribution in [0.5, 0.6) is 0 Å². The minimum absolute atomic E-state index is 0.0234. The molecule has 1 unspecified atom stereocenters. The average Bonchev–Trinajstić information content (AvgIpc) is 2.47. The zero-order valence-electron chi connectivity index (χ0n) is 11.8. The van der Waals surface area contributed by atoms with E-state index in [1.54, 1.807) is 6.92 Å². The Bertz CT molecular complexity index is 665. The third kappa shape index (κ3) is 3.79. The van der Waals surface area contributed by atoms with Crippen LogP contribution in [0.3, 0.4) is 0 Å². The van der Waals surface area contributed by atoms with Crippen LogP contribution in [0.15, 0.2) is 47.3 Å². The number of aryl methyl sites for hydroxylation is 1. The molecule has 21 heavy (non-hydrogen) atoms. The van der Waals surface area contributed by atoms with Crippen LogP contribution in [0.4, 0.5) is 0 Å². The van der Waals surface area contributed by atoms with Crippen molar-refractivity contribution in [2.75, 3.05) is 6.61 Å². The SMILES string of the molecule is Cc1[nH]c(=O)ccc1C(=O)NC(CCO)c1ccccc1. The summed E-state index contributed by atoms with van der Waals surface area (Å²) < 4.78 is 0. The van der Waals surface area contributed by atoms with Gasteiger partial charge in [-0.05, 0) is 25.0 Å². The Morgan fingerprint density at radius 1 is 1.24 bits per heavy atom. The van der Waals surface area contributed by atoms with Crippen molar-refractivity contribution in [1.82, 2.24) is 10.3 Å². The maximum absolute atomic E-state index is 12.3. The van der Waals surface area contributed by atoms with Crippen LogP contribution in [-0.2, 0) is 0 Å². The monoisotopic (exact) mass is 286 g/mol. The van der Waals surface area contributed by atoms with E-state index >= 15 is 0 Å². The minimum Gasteiger partial charge on any atom is -0.396 e.